The van der Waals surface area contributed by atoms with Gasteiger partial charge in [0.15, 0.2) is 0 Å². The molecule has 0 atom stereocenters. The fourth-order valence-corrected chi connectivity index (χ4v) is 3.23. The van der Waals surface area contributed by atoms with Gasteiger partial charge in [-0.3, -0.25) is 4.90 Å². The molecule has 24 heavy (non-hydrogen) atoms. The Morgan fingerprint density at radius 1 is 1.08 bits per heavy atom. The topological polar surface area (TPSA) is 58.3 Å². The standard InChI is InChI=1S/C18H25N5O/c1-3-15-11-17(20-18(19-15)14-4-5-14)23-8-6-22(7-9-23)12-16-10-13(2)24-21-16/h10-11,14H,3-9,12H2,1-2H3. The van der Waals surface area contributed by atoms with E-state index in [1.807, 2.05) is 13.0 Å². The third-order valence-corrected chi connectivity index (χ3v) is 4.85. The van der Waals surface area contributed by atoms with Gasteiger partial charge in [-0.2, -0.15) is 0 Å². The van der Waals surface area contributed by atoms with Crippen molar-refractivity contribution in [3.63, 3.8) is 0 Å². The zero-order chi connectivity index (χ0) is 16.5. The van der Waals surface area contributed by atoms with Crippen molar-refractivity contribution in [1.29, 1.82) is 0 Å². The number of hydrogen-bond acceptors (Lipinski definition) is 6. The molecule has 6 nitrogen and oxygen atoms in total. The van der Waals surface area contributed by atoms with Crippen molar-refractivity contribution in [1.82, 2.24) is 20.0 Å². The van der Waals surface area contributed by atoms with Crippen molar-refractivity contribution in [3.8, 4) is 0 Å². The minimum Gasteiger partial charge on any atom is -0.361 e. The van der Waals surface area contributed by atoms with Crippen LogP contribution >= 0.6 is 0 Å². The van der Waals surface area contributed by atoms with Gasteiger partial charge < -0.3 is 9.42 Å². The van der Waals surface area contributed by atoms with Gasteiger partial charge >= 0.3 is 0 Å². The van der Waals surface area contributed by atoms with Crippen molar-refractivity contribution in [2.75, 3.05) is 31.1 Å². The fourth-order valence-electron chi connectivity index (χ4n) is 3.23. The van der Waals surface area contributed by atoms with Crippen molar-refractivity contribution in [3.05, 3.63) is 35.1 Å². The lowest BCUT2D eigenvalue weighted by Gasteiger charge is -2.35. The Bertz CT molecular complexity index is 701. The zero-order valence-electron chi connectivity index (χ0n) is 14.5. The lowest BCUT2D eigenvalue weighted by atomic mass is 10.2. The molecule has 1 aliphatic heterocycles. The van der Waals surface area contributed by atoms with Gasteiger partial charge in [0.1, 0.15) is 17.4 Å². The average Bonchev–Trinajstić information content (AvgIpc) is 3.38. The van der Waals surface area contributed by atoms with E-state index in [1.165, 1.54) is 18.5 Å². The number of aryl methyl sites for hydroxylation is 2. The maximum atomic E-state index is 5.16. The van der Waals surface area contributed by atoms with Gasteiger partial charge in [0.2, 0.25) is 0 Å². The first kappa shape index (κ1) is 15.6. The number of hydrogen-bond donors (Lipinski definition) is 0. The molecule has 1 aliphatic carbocycles. The summed E-state index contributed by atoms with van der Waals surface area (Å²) >= 11 is 0. The van der Waals surface area contributed by atoms with Crippen LogP contribution in [0.15, 0.2) is 16.7 Å². The summed E-state index contributed by atoms with van der Waals surface area (Å²) in [6.07, 6.45) is 3.47. The quantitative estimate of drug-likeness (QED) is 0.841. The van der Waals surface area contributed by atoms with Crippen LogP contribution in [0.4, 0.5) is 5.82 Å². The number of aromatic nitrogens is 3. The van der Waals surface area contributed by atoms with Crippen molar-refractivity contribution in [2.24, 2.45) is 0 Å². The molecule has 0 bridgehead atoms. The smallest absolute Gasteiger partial charge is 0.134 e. The summed E-state index contributed by atoms with van der Waals surface area (Å²) in [5, 5.41) is 4.10. The van der Waals surface area contributed by atoms with E-state index in [-0.39, 0.29) is 0 Å². The molecular formula is C18H25N5O. The second kappa shape index (κ2) is 6.51. The van der Waals surface area contributed by atoms with E-state index < -0.39 is 0 Å². The van der Waals surface area contributed by atoms with Crippen molar-refractivity contribution < 1.29 is 4.52 Å². The van der Waals surface area contributed by atoms with Gasteiger partial charge in [0.25, 0.3) is 0 Å². The average molecular weight is 327 g/mol. The van der Waals surface area contributed by atoms with Gasteiger partial charge in [0.05, 0.1) is 5.69 Å². The SMILES string of the molecule is CCc1cc(N2CCN(Cc3cc(C)on3)CC2)nc(C2CC2)n1. The molecule has 0 radical (unpaired) electrons. The Hall–Kier alpha value is -1.95. The molecule has 0 N–H and O–H groups in total. The summed E-state index contributed by atoms with van der Waals surface area (Å²) in [4.78, 5) is 14.4. The van der Waals surface area contributed by atoms with Crippen LogP contribution in [0.5, 0.6) is 0 Å². The molecule has 0 unspecified atom stereocenters. The molecule has 0 spiro atoms. The highest BCUT2D eigenvalue weighted by molar-refractivity contribution is 5.41. The second-order valence-electron chi connectivity index (χ2n) is 6.90. The summed E-state index contributed by atoms with van der Waals surface area (Å²) in [6.45, 7) is 9.02. The molecule has 128 valence electrons. The van der Waals surface area contributed by atoms with Crippen LogP contribution in [0, 0.1) is 6.92 Å². The molecule has 0 aromatic carbocycles. The zero-order valence-corrected chi connectivity index (χ0v) is 14.5. The molecule has 2 aromatic heterocycles. The van der Waals surface area contributed by atoms with Crippen LogP contribution in [-0.2, 0) is 13.0 Å². The highest BCUT2D eigenvalue weighted by atomic mass is 16.5. The summed E-state index contributed by atoms with van der Waals surface area (Å²) < 4.78 is 5.16. The molecule has 1 saturated carbocycles. The highest BCUT2D eigenvalue weighted by Gasteiger charge is 2.28. The Morgan fingerprint density at radius 3 is 2.50 bits per heavy atom. The van der Waals surface area contributed by atoms with Gasteiger partial charge in [-0.05, 0) is 26.2 Å². The number of anilines is 1. The first-order chi connectivity index (χ1) is 11.7. The van der Waals surface area contributed by atoms with E-state index in [2.05, 4.69) is 27.9 Å². The first-order valence-electron chi connectivity index (χ1n) is 8.98. The summed E-state index contributed by atoms with van der Waals surface area (Å²) in [5.41, 5.74) is 2.19. The third-order valence-electron chi connectivity index (χ3n) is 4.85. The number of piperazine rings is 1. The predicted molar refractivity (Wildman–Crippen MR) is 92.1 cm³/mol. The summed E-state index contributed by atoms with van der Waals surface area (Å²) in [7, 11) is 0. The lowest BCUT2D eigenvalue weighted by Crippen LogP contribution is -2.46. The van der Waals surface area contributed by atoms with E-state index in [4.69, 9.17) is 14.5 Å². The van der Waals surface area contributed by atoms with Gasteiger partial charge in [-0.25, -0.2) is 9.97 Å². The van der Waals surface area contributed by atoms with Gasteiger partial charge in [-0.15, -0.1) is 0 Å². The van der Waals surface area contributed by atoms with Crippen molar-refractivity contribution >= 4 is 5.82 Å². The molecule has 6 heteroatoms. The molecule has 2 fully saturated rings. The van der Waals surface area contributed by atoms with E-state index in [1.54, 1.807) is 0 Å². The molecule has 0 amide bonds. The molecule has 2 aliphatic rings. The summed E-state index contributed by atoms with van der Waals surface area (Å²) in [5.74, 6) is 3.65. The van der Waals surface area contributed by atoms with E-state index in [0.29, 0.717) is 5.92 Å². The molecule has 3 heterocycles. The summed E-state index contributed by atoms with van der Waals surface area (Å²) in [6, 6.07) is 4.19. The Labute approximate surface area is 142 Å². The van der Waals surface area contributed by atoms with Crippen LogP contribution in [-0.4, -0.2) is 46.2 Å². The monoisotopic (exact) mass is 327 g/mol. The normalized spacial score (nSPS) is 19.0. The van der Waals surface area contributed by atoms with Crippen LogP contribution in [0.2, 0.25) is 0 Å². The fraction of sp³-hybridized carbons (Fsp3) is 0.611. The largest absolute Gasteiger partial charge is 0.361 e. The Morgan fingerprint density at radius 2 is 1.88 bits per heavy atom. The first-order valence-corrected chi connectivity index (χ1v) is 8.98. The van der Waals surface area contributed by atoms with Crippen molar-refractivity contribution in [2.45, 2.75) is 45.6 Å². The van der Waals surface area contributed by atoms with Gasteiger partial charge in [0, 0.05) is 56.5 Å². The van der Waals surface area contributed by atoms with Crippen LogP contribution in [0.25, 0.3) is 0 Å². The van der Waals surface area contributed by atoms with Crippen LogP contribution < -0.4 is 4.90 Å². The maximum absolute atomic E-state index is 5.16. The molecule has 2 aromatic rings. The van der Waals surface area contributed by atoms with Crippen LogP contribution in [0.1, 0.15) is 48.7 Å². The van der Waals surface area contributed by atoms with Gasteiger partial charge in [-0.1, -0.05) is 12.1 Å². The van der Waals surface area contributed by atoms with E-state index >= 15 is 0 Å². The van der Waals surface area contributed by atoms with E-state index in [0.717, 1.165) is 62.2 Å². The minimum absolute atomic E-state index is 0.604. The number of nitrogens with zero attached hydrogens (tertiary/aromatic N) is 5. The minimum atomic E-state index is 0.604. The van der Waals surface area contributed by atoms with Crippen LogP contribution in [0.3, 0.4) is 0 Å². The lowest BCUT2D eigenvalue weighted by molar-refractivity contribution is 0.241. The Balaban J connectivity index is 1.41. The molecular weight excluding hydrogens is 302 g/mol. The number of rotatable bonds is 5. The van der Waals surface area contributed by atoms with E-state index in [9.17, 15) is 0 Å². The second-order valence-corrected chi connectivity index (χ2v) is 6.90. The third kappa shape index (κ3) is 3.43. The Kier molecular flexibility index (Phi) is 4.22. The predicted octanol–water partition coefficient (Wildman–Crippen LogP) is 2.54. The molecule has 1 saturated heterocycles. The molecule has 4 rings (SSSR count). The highest BCUT2D eigenvalue weighted by Crippen LogP contribution is 2.38. The maximum Gasteiger partial charge on any atom is 0.134 e.